The molecule has 19 heavy (non-hydrogen) atoms. The normalized spacial score (nSPS) is 10.9. The van der Waals surface area contributed by atoms with E-state index in [0.29, 0.717) is 19.1 Å². The van der Waals surface area contributed by atoms with Crippen molar-refractivity contribution >= 4 is 11.8 Å². The zero-order chi connectivity index (χ0) is 14.4. The molecule has 0 bridgehead atoms. The number of hydrogen-bond donors (Lipinski definition) is 1. The molecule has 1 amide bonds. The summed E-state index contributed by atoms with van der Waals surface area (Å²) in [5.41, 5.74) is 7.45. The Bertz CT molecular complexity index is 399. The van der Waals surface area contributed by atoms with Gasteiger partial charge >= 0.3 is 6.09 Å². The van der Waals surface area contributed by atoms with Crippen molar-refractivity contribution in [1.82, 2.24) is 0 Å². The van der Waals surface area contributed by atoms with E-state index in [1.807, 2.05) is 52.0 Å². The van der Waals surface area contributed by atoms with Crippen molar-refractivity contribution in [3.05, 3.63) is 29.8 Å². The van der Waals surface area contributed by atoms with Gasteiger partial charge in [0.25, 0.3) is 0 Å². The Morgan fingerprint density at radius 1 is 1.21 bits per heavy atom. The number of carbonyl (C=O) groups is 1. The SMILES string of the molecule is CC(C)COC(=O)N(c1ccc(CN)cc1)C(C)C. The van der Waals surface area contributed by atoms with Gasteiger partial charge in [-0.15, -0.1) is 0 Å². The summed E-state index contributed by atoms with van der Waals surface area (Å²) in [5.74, 6) is 0.331. The lowest BCUT2D eigenvalue weighted by Gasteiger charge is -2.26. The van der Waals surface area contributed by atoms with E-state index in [1.54, 1.807) is 4.90 Å². The third-order valence-electron chi connectivity index (χ3n) is 2.70. The largest absolute Gasteiger partial charge is 0.449 e. The van der Waals surface area contributed by atoms with Gasteiger partial charge in [-0.25, -0.2) is 4.79 Å². The molecule has 1 rings (SSSR count). The van der Waals surface area contributed by atoms with Gasteiger partial charge in [0.15, 0.2) is 0 Å². The van der Waals surface area contributed by atoms with E-state index in [-0.39, 0.29) is 12.1 Å². The van der Waals surface area contributed by atoms with Gasteiger partial charge in [0.1, 0.15) is 0 Å². The first kappa shape index (κ1) is 15.5. The second-order valence-corrected chi connectivity index (χ2v) is 5.31. The lowest BCUT2D eigenvalue weighted by atomic mass is 10.2. The van der Waals surface area contributed by atoms with Crippen LogP contribution in [-0.2, 0) is 11.3 Å². The molecule has 1 aromatic carbocycles. The lowest BCUT2D eigenvalue weighted by molar-refractivity contribution is 0.138. The summed E-state index contributed by atoms with van der Waals surface area (Å²) in [6, 6.07) is 7.71. The average molecular weight is 264 g/mol. The molecule has 0 saturated heterocycles. The van der Waals surface area contributed by atoms with E-state index >= 15 is 0 Å². The molecule has 0 aliphatic heterocycles. The minimum Gasteiger partial charge on any atom is -0.449 e. The van der Waals surface area contributed by atoms with Crippen molar-refractivity contribution in [3.8, 4) is 0 Å². The quantitative estimate of drug-likeness (QED) is 0.888. The maximum atomic E-state index is 12.1. The first-order chi connectivity index (χ1) is 8.95. The Kier molecular flexibility index (Phi) is 5.83. The van der Waals surface area contributed by atoms with Crippen LogP contribution in [0.1, 0.15) is 33.3 Å². The van der Waals surface area contributed by atoms with E-state index in [0.717, 1.165) is 11.3 Å². The molecule has 0 aliphatic carbocycles. The molecule has 0 heterocycles. The van der Waals surface area contributed by atoms with Crippen molar-refractivity contribution in [1.29, 1.82) is 0 Å². The van der Waals surface area contributed by atoms with Gasteiger partial charge in [-0.3, -0.25) is 4.90 Å². The number of nitrogens with zero attached hydrogens (tertiary/aromatic N) is 1. The van der Waals surface area contributed by atoms with E-state index in [1.165, 1.54) is 0 Å². The highest BCUT2D eigenvalue weighted by Crippen LogP contribution is 2.19. The van der Waals surface area contributed by atoms with Crippen LogP contribution in [-0.4, -0.2) is 18.7 Å². The van der Waals surface area contributed by atoms with Crippen LogP contribution in [0.4, 0.5) is 10.5 Å². The van der Waals surface area contributed by atoms with Crippen LogP contribution in [0.15, 0.2) is 24.3 Å². The maximum Gasteiger partial charge on any atom is 0.414 e. The fourth-order valence-electron chi connectivity index (χ4n) is 1.71. The zero-order valence-corrected chi connectivity index (χ0v) is 12.2. The number of rotatable bonds is 5. The van der Waals surface area contributed by atoms with Crippen LogP contribution in [0.25, 0.3) is 0 Å². The number of amides is 1. The molecular formula is C15H24N2O2. The molecule has 0 unspecified atom stereocenters. The van der Waals surface area contributed by atoms with Crippen LogP contribution >= 0.6 is 0 Å². The molecular weight excluding hydrogens is 240 g/mol. The summed E-state index contributed by atoms with van der Waals surface area (Å²) in [7, 11) is 0. The Labute approximate surface area is 115 Å². The molecule has 106 valence electrons. The van der Waals surface area contributed by atoms with Gasteiger partial charge < -0.3 is 10.5 Å². The van der Waals surface area contributed by atoms with Crippen molar-refractivity contribution in [2.45, 2.75) is 40.3 Å². The number of nitrogens with two attached hydrogens (primary N) is 1. The molecule has 0 saturated carbocycles. The van der Waals surface area contributed by atoms with E-state index in [2.05, 4.69) is 0 Å². The smallest absolute Gasteiger partial charge is 0.414 e. The number of ether oxygens (including phenoxy) is 1. The first-order valence-corrected chi connectivity index (χ1v) is 6.70. The Balaban J connectivity index is 2.83. The van der Waals surface area contributed by atoms with Crippen molar-refractivity contribution in [3.63, 3.8) is 0 Å². The highest BCUT2D eigenvalue weighted by molar-refractivity contribution is 5.88. The first-order valence-electron chi connectivity index (χ1n) is 6.70. The van der Waals surface area contributed by atoms with Crippen molar-refractivity contribution in [2.24, 2.45) is 11.7 Å². The standard InChI is InChI=1S/C15H24N2O2/c1-11(2)10-19-15(18)17(12(3)4)14-7-5-13(9-16)6-8-14/h5-8,11-12H,9-10,16H2,1-4H3. The molecule has 0 aliphatic rings. The van der Waals surface area contributed by atoms with Gasteiger partial charge in [-0.1, -0.05) is 26.0 Å². The third kappa shape index (κ3) is 4.56. The highest BCUT2D eigenvalue weighted by Gasteiger charge is 2.20. The zero-order valence-electron chi connectivity index (χ0n) is 12.2. The fraction of sp³-hybridized carbons (Fsp3) is 0.533. The Hall–Kier alpha value is -1.55. The van der Waals surface area contributed by atoms with Gasteiger partial charge in [0, 0.05) is 18.3 Å². The number of hydrogen-bond acceptors (Lipinski definition) is 3. The van der Waals surface area contributed by atoms with Crippen molar-refractivity contribution in [2.75, 3.05) is 11.5 Å². The number of carbonyl (C=O) groups excluding carboxylic acids is 1. The summed E-state index contributed by atoms with van der Waals surface area (Å²) in [6.07, 6.45) is -0.302. The molecule has 2 N–H and O–H groups in total. The van der Waals surface area contributed by atoms with Crippen molar-refractivity contribution < 1.29 is 9.53 Å². The fourth-order valence-corrected chi connectivity index (χ4v) is 1.71. The van der Waals surface area contributed by atoms with Gasteiger partial charge in [-0.05, 0) is 37.5 Å². The van der Waals surface area contributed by atoms with Crippen LogP contribution in [0, 0.1) is 5.92 Å². The molecule has 0 radical (unpaired) electrons. The summed E-state index contributed by atoms with van der Waals surface area (Å²) >= 11 is 0. The predicted molar refractivity (Wildman–Crippen MR) is 78.1 cm³/mol. The minimum absolute atomic E-state index is 0.0448. The number of anilines is 1. The second-order valence-electron chi connectivity index (χ2n) is 5.31. The number of benzene rings is 1. The van der Waals surface area contributed by atoms with E-state index in [9.17, 15) is 4.79 Å². The minimum atomic E-state index is -0.302. The van der Waals surface area contributed by atoms with E-state index in [4.69, 9.17) is 10.5 Å². The third-order valence-corrected chi connectivity index (χ3v) is 2.70. The monoisotopic (exact) mass is 264 g/mol. The van der Waals surface area contributed by atoms with E-state index < -0.39 is 0 Å². The van der Waals surface area contributed by atoms with Crippen LogP contribution < -0.4 is 10.6 Å². The Morgan fingerprint density at radius 2 is 1.79 bits per heavy atom. The highest BCUT2D eigenvalue weighted by atomic mass is 16.6. The molecule has 0 atom stereocenters. The van der Waals surface area contributed by atoms with Gasteiger partial charge in [0.05, 0.1) is 6.61 Å². The second kappa shape index (κ2) is 7.14. The maximum absolute atomic E-state index is 12.1. The topological polar surface area (TPSA) is 55.6 Å². The molecule has 0 aromatic heterocycles. The summed E-state index contributed by atoms with van der Waals surface area (Å²) < 4.78 is 5.30. The molecule has 0 spiro atoms. The summed E-state index contributed by atoms with van der Waals surface area (Å²) in [5, 5.41) is 0. The van der Waals surface area contributed by atoms with Gasteiger partial charge in [0.2, 0.25) is 0 Å². The average Bonchev–Trinajstić information content (AvgIpc) is 2.37. The van der Waals surface area contributed by atoms with Crippen LogP contribution in [0.3, 0.4) is 0 Å². The Morgan fingerprint density at radius 3 is 2.21 bits per heavy atom. The molecule has 0 fully saturated rings. The summed E-state index contributed by atoms with van der Waals surface area (Å²) in [4.78, 5) is 13.8. The van der Waals surface area contributed by atoms with Crippen LogP contribution in [0.2, 0.25) is 0 Å². The molecule has 1 aromatic rings. The lowest BCUT2D eigenvalue weighted by Crippen LogP contribution is -2.38. The molecule has 4 heteroatoms. The summed E-state index contributed by atoms with van der Waals surface area (Å²) in [6.45, 7) is 8.90. The van der Waals surface area contributed by atoms with Crippen LogP contribution in [0.5, 0.6) is 0 Å². The predicted octanol–water partition coefficient (Wildman–Crippen LogP) is 3.15. The molecule has 4 nitrogen and oxygen atoms in total. The van der Waals surface area contributed by atoms with Gasteiger partial charge in [-0.2, -0.15) is 0 Å².